The molecule has 0 bridgehead atoms. The highest BCUT2D eigenvalue weighted by atomic mass is 16.5. The molecule has 5 nitrogen and oxygen atoms in total. The maximum Gasteiger partial charge on any atom is 0.326 e. The summed E-state index contributed by atoms with van der Waals surface area (Å²) in [7, 11) is 3.79. The second kappa shape index (κ2) is 7.07. The van der Waals surface area contributed by atoms with Gasteiger partial charge < -0.3 is 20.1 Å². The van der Waals surface area contributed by atoms with Gasteiger partial charge in [-0.05, 0) is 39.7 Å². The average molecular weight is 258 g/mol. The smallest absolute Gasteiger partial charge is 0.326 e. The van der Waals surface area contributed by atoms with Crippen LogP contribution in [-0.2, 0) is 14.3 Å². The minimum absolute atomic E-state index is 0.252. The van der Waals surface area contributed by atoms with E-state index in [9.17, 15) is 4.79 Å². The van der Waals surface area contributed by atoms with Crippen molar-refractivity contribution < 1.29 is 14.3 Å². The zero-order valence-corrected chi connectivity index (χ0v) is 11.8. The van der Waals surface area contributed by atoms with Crippen LogP contribution in [0.2, 0.25) is 0 Å². The number of nitrogens with two attached hydrogens (primary N) is 1. The van der Waals surface area contributed by atoms with Crippen LogP contribution in [0.3, 0.4) is 0 Å². The summed E-state index contributed by atoms with van der Waals surface area (Å²) in [6, 6.07) is 0.372. The molecule has 1 saturated carbocycles. The maximum atomic E-state index is 11.8. The fourth-order valence-electron chi connectivity index (χ4n) is 2.53. The lowest BCUT2D eigenvalue weighted by molar-refractivity contribution is -0.149. The number of hydrogen-bond acceptors (Lipinski definition) is 5. The fourth-order valence-corrected chi connectivity index (χ4v) is 2.53. The van der Waals surface area contributed by atoms with Crippen molar-refractivity contribution in [3.63, 3.8) is 0 Å². The Morgan fingerprint density at radius 3 is 2.89 bits per heavy atom. The molecular weight excluding hydrogens is 232 g/mol. The summed E-state index contributed by atoms with van der Waals surface area (Å²) in [6.07, 6.45) is 3.36. The predicted molar refractivity (Wildman–Crippen MR) is 70.3 cm³/mol. The highest BCUT2D eigenvalue weighted by Crippen LogP contribution is 2.31. The number of esters is 1. The molecule has 0 aromatic rings. The van der Waals surface area contributed by atoms with Gasteiger partial charge in [-0.25, -0.2) is 0 Å². The first-order chi connectivity index (χ1) is 8.53. The molecule has 1 aliphatic rings. The molecule has 0 amide bonds. The molecule has 0 aliphatic heterocycles. The van der Waals surface area contributed by atoms with E-state index in [-0.39, 0.29) is 5.97 Å². The lowest BCUT2D eigenvalue weighted by Gasteiger charge is -2.26. The monoisotopic (exact) mass is 258 g/mol. The van der Waals surface area contributed by atoms with Gasteiger partial charge in [0.2, 0.25) is 0 Å². The fraction of sp³-hybridized carbons (Fsp3) is 0.923. The quantitative estimate of drug-likeness (QED) is 0.540. The van der Waals surface area contributed by atoms with Gasteiger partial charge in [-0.15, -0.1) is 0 Å². The third-order valence-electron chi connectivity index (χ3n) is 3.69. The van der Waals surface area contributed by atoms with E-state index in [4.69, 9.17) is 15.2 Å². The van der Waals surface area contributed by atoms with Gasteiger partial charge in [0, 0.05) is 26.3 Å². The van der Waals surface area contributed by atoms with Crippen LogP contribution in [0.4, 0.5) is 0 Å². The summed E-state index contributed by atoms with van der Waals surface area (Å²) < 4.78 is 10.1. The molecule has 1 aliphatic carbocycles. The number of carbonyl (C=O) groups excluding carboxylic acids is 1. The summed E-state index contributed by atoms with van der Waals surface area (Å²) in [6.45, 7) is 3.94. The topological polar surface area (TPSA) is 64.8 Å². The van der Waals surface area contributed by atoms with Crippen LogP contribution in [0.25, 0.3) is 0 Å². The highest BCUT2D eigenvalue weighted by molar-refractivity contribution is 5.81. The van der Waals surface area contributed by atoms with E-state index in [0.29, 0.717) is 25.5 Å². The highest BCUT2D eigenvalue weighted by Gasteiger charge is 2.44. The van der Waals surface area contributed by atoms with E-state index in [2.05, 4.69) is 11.9 Å². The summed E-state index contributed by atoms with van der Waals surface area (Å²) in [5.74, 6) is -0.252. The van der Waals surface area contributed by atoms with Crippen molar-refractivity contribution in [2.24, 2.45) is 5.73 Å². The van der Waals surface area contributed by atoms with Crippen LogP contribution in [0.1, 0.15) is 32.6 Å². The molecule has 0 aromatic heterocycles. The Morgan fingerprint density at radius 1 is 1.56 bits per heavy atom. The molecule has 2 atom stereocenters. The van der Waals surface area contributed by atoms with Crippen molar-refractivity contribution in [3.05, 3.63) is 0 Å². The Morgan fingerprint density at radius 2 is 2.28 bits per heavy atom. The van der Waals surface area contributed by atoms with E-state index >= 15 is 0 Å². The number of carbonyl (C=O) groups is 1. The molecule has 0 saturated heterocycles. The van der Waals surface area contributed by atoms with Crippen LogP contribution in [0.5, 0.6) is 0 Å². The van der Waals surface area contributed by atoms with Gasteiger partial charge >= 0.3 is 5.97 Å². The van der Waals surface area contributed by atoms with Crippen LogP contribution in [0, 0.1) is 0 Å². The second-order valence-electron chi connectivity index (χ2n) is 5.10. The first-order valence-corrected chi connectivity index (χ1v) is 6.68. The van der Waals surface area contributed by atoms with E-state index in [1.54, 1.807) is 7.11 Å². The first-order valence-electron chi connectivity index (χ1n) is 6.68. The molecule has 18 heavy (non-hydrogen) atoms. The number of rotatable bonds is 7. The lowest BCUT2D eigenvalue weighted by Crippen LogP contribution is -2.48. The Labute approximate surface area is 110 Å². The number of methoxy groups -OCH3 is 1. The van der Waals surface area contributed by atoms with E-state index in [1.807, 2.05) is 6.92 Å². The van der Waals surface area contributed by atoms with Gasteiger partial charge in [0.15, 0.2) is 0 Å². The lowest BCUT2D eigenvalue weighted by atomic mass is 9.99. The van der Waals surface area contributed by atoms with Crippen molar-refractivity contribution in [2.75, 3.05) is 33.9 Å². The van der Waals surface area contributed by atoms with Gasteiger partial charge in [-0.2, -0.15) is 0 Å². The number of ether oxygens (including phenoxy) is 2. The van der Waals surface area contributed by atoms with Gasteiger partial charge in [0.1, 0.15) is 5.54 Å². The Hall–Kier alpha value is -0.650. The minimum Gasteiger partial charge on any atom is -0.465 e. The standard InChI is InChI=1S/C13H26N2O3/c1-4-18-12(16)13(14)7-6-11(10-13)15(2)8-5-9-17-3/h11H,4-10,14H2,1-3H3. The summed E-state index contributed by atoms with van der Waals surface area (Å²) >= 11 is 0. The molecule has 5 heteroatoms. The molecule has 2 N–H and O–H groups in total. The minimum atomic E-state index is -0.782. The van der Waals surface area contributed by atoms with Crippen molar-refractivity contribution >= 4 is 5.97 Å². The van der Waals surface area contributed by atoms with Gasteiger partial charge in [0.05, 0.1) is 6.61 Å². The third-order valence-corrected chi connectivity index (χ3v) is 3.69. The summed E-state index contributed by atoms with van der Waals surface area (Å²) in [5.41, 5.74) is 5.36. The second-order valence-corrected chi connectivity index (χ2v) is 5.10. The molecular formula is C13H26N2O3. The first kappa shape index (κ1) is 15.4. The normalized spacial score (nSPS) is 27.7. The van der Waals surface area contributed by atoms with Gasteiger partial charge in [-0.3, -0.25) is 4.79 Å². The van der Waals surface area contributed by atoms with Gasteiger partial charge in [-0.1, -0.05) is 0 Å². The third kappa shape index (κ3) is 3.93. The van der Waals surface area contributed by atoms with E-state index < -0.39 is 5.54 Å². The van der Waals surface area contributed by atoms with Crippen molar-refractivity contribution in [2.45, 2.75) is 44.2 Å². The largest absolute Gasteiger partial charge is 0.465 e. The molecule has 0 aromatic carbocycles. The summed E-state index contributed by atoms with van der Waals surface area (Å²) in [5, 5.41) is 0. The average Bonchev–Trinajstić information content (AvgIpc) is 2.74. The van der Waals surface area contributed by atoms with Crippen LogP contribution >= 0.6 is 0 Å². The molecule has 1 rings (SSSR count). The van der Waals surface area contributed by atoms with E-state index in [0.717, 1.165) is 26.0 Å². The Bertz CT molecular complexity index is 273. The predicted octanol–water partition coefficient (Wildman–Crippen LogP) is 0.768. The molecule has 2 unspecified atom stereocenters. The Balaban J connectivity index is 2.41. The number of hydrogen-bond donors (Lipinski definition) is 1. The SMILES string of the molecule is CCOC(=O)C1(N)CCC(N(C)CCCOC)C1. The molecule has 0 spiro atoms. The molecule has 0 radical (unpaired) electrons. The zero-order valence-electron chi connectivity index (χ0n) is 11.8. The van der Waals surface area contributed by atoms with Crippen molar-refractivity contribution in [3.8, 4) is 0 Å². The van der Waals surface area contributed by atoms with E-state index in [1.165, 1.54) is 0 Å². The molecule has 1 fully saturated rings. The Kier molecular flexibility index (Phi) is 6.05. The summed E-state index contributed by atoms with van der Waals surface area (Å²) in [4.78, 5) is 14.1. The zero-order chi connectivity index (χ0) is 13.6. The van der Waals surface area contributed by atoms with Crippen LogP contribution in [0.15, 0.2) is 0 Å². The molecule has 106 valence electrons. The van der Waals surface area contributed by atoms with Gasteiger partial charge in [0.25, 0.3) is 0 Å². The maximum absolute atomic E-state index is 11.8. The van der Waals surface area contributed by atoms with Crippen LogP contribution in [-0.4, -0.2) is 56.4 Å². The van der Waals surface area contributed by atoms with Crippen LogP contribution < -0.4 is 5.73 Å². The van der Waals surface area contributed by atoms with Crippen molar-refractivity contribution in [1.82, 2.24) is 4.90 Å². The molecule has 0 heterocycles. The van der Waals surface area contributed by atoms with Crippen molar-refractivity contribution in [1.29, 1.82) is 0 Å². The number of nitrogens with zero attached hydrogens (tertiary/aromatic N) is 1.